The van der Waals surface area contributed by atoms with E-state index >= 15 is 0 Å². The van der Waals surface area contributed by atoms with Crippen LogP contribution in [0.5, 0.6) is 0 Å². The van der Waals surface area contributed by atoms with E-state index in [0.29, 0.717) is 18.1 Å². The summed E-state index contributed by atoms with van der Waals surface area (Å²) in [5, 5.41) is 3.66. The Bertz CT molecular complexity index is 455. The highest BCUT2D eigenvalue weighted by Crippen LogP contribution is 2.43. The van der Waals surface area contributed by atoms with E-state index in [-0.39, 0.29) is 17.3 Å². The van der Waals surface area contributed by atoms with Gasteiger partial charge in [0.2, 0.25) is 0 Å². The zero-order valence-electron chi connectivity index (χ0n) is 13.8. The van der Waals surface area contributed by atoms with Crippen LogP contribution in [0.25, 0.3) is 0 Å². The molecule has 1 aliphatic carbocycles. The van der Waals surface area contributed by atoms with Gasteiger partial charge in [-0.3, -0.25) is 0 Å². The summed E-state index contributed by atoms with van der Waals surface area (Å²) in [4.78, 5) is 0. The van der Waals surface area contributed by atoms with E-state index in [1.807, 2.05) is 12.1 Å². The van der Waals surface area contributed by atoms with Crippen LogP contribution in [0.4, 0.5) is 4.39 Å². The monoisotopic (exact) mass is 293 g/mol. The second kappa shape index (κ2) is 6.45. The molecule has 21 heavy (non-hydrogen) atoms. The zero-order valence-corrected chi connectivity index (χ0v) is 13.8. The molecule has 1 saturated carbocycles. The fourth-order valence-electron chi connectivity index (χ4n) is 2.91. The Hall–Kier alpha value is -0.930. The van der Waals surface area contributed by atoms with Gasteiger partial charge in [0.15, 0.2) is 0 Å². The molecule has 0 saturated heterocycles. The fourth-order valence-corrected chi connectivity index (χ4v) is 2.91. The van der Waals surface area contributed by atoms with E-state index in [9.17, 15) is 4.39 Å². The van der Waals surface area contributed by atoms with Gasteiger partial charge in [0.25, 0.3) is 0 Å². The van der Waals surface area contributed by atoms with Gasteiger partial charge in [-0.15, -0.1) is 0 Å². The lowest BCUT2D eigenvalue weighted by Crippen LogP contribution is -2.61. The quantitative estimate of drug-likeness (QED) is 0.843. The van der Waals surface area contributed by atoms with Crippen molar-refractivity contribution in [1.82, 2.24) is 5.32 Å². The number of ether oxygens (including phenoxy) is 1. The average molecular weight is 293 g/mol. The molecule has 0 aliphatic heterocycles. The molecule has 0 spiro atoms. The molecule has 1 fully saturated rings. The number of rotatable bonds is 6. The summed E-state index contributed by atoms with van der Waals surface area (Å²) in [5.74, 6) is 0.392. The van der Waals surface area contributed by atoms with Crippen molar-refractivity contribution in [3.05, 3.63) is 35.6 Å². The van der Waals surface area contributed by atoms with E-state index in [1.165, 1.54) is 12.1 Å². The van der Waals surface area contributed by atoms with E-state index in [1.54, 1.807) is 0 Å². The van der Waals surface area contributed by atoms with Gasteiger partial charge in [0.05, 0.1) is 6.10 Å². The maximum absolute atomic E-state index is 13.0. The molecule has 0 bridgehead atoms. The number of hydrogen-bond acceptors (Lipinski definition) is 2. The maximum Gasteiger partial charge on any atom is 0.123 e. The number of benzene rings is 1. The molecule has 3 atom stereocenters. The molecule has 0 amide bonds. The summed E-state index contributed by atoms with van der Waals surface area (Å²) in [7, 11) is 0. The molecule has 0 heterocycles. The lowest BCUT2D eigenvalue weighted by molar-refractivity contribution is -0.125. The topological polar surface area (TPSA) is 21.3 Å². The van der Waals surface area contributed by atoms with Crippen LogP contribution in [-0.2, 0) is 4.74 Å². The molecule has 1 aromatic carbocycles. The Morgan fingerprint density at radius 1 is 1.24 bits per heavy atom. The van der Waals surface area contributed by atoms with Gasteiger partial charge in [0, 0.05) is 24.1 Å². The SMILES string of the molecule is CC(C)COC1CC(N[C@@H](C)c2ccc(F)cc2)C1(C)C. The van der Waals surface area contributed by atoms with E-state index in [2.05, 4.69) is 39.9 Å². The molecule has 0 aromatic heterocycles. The third kappa shape index (κ3) is 3.83. The lowest BCUT2D eigenvalue weighted by atomic mass is 9.64. The van der Waals surface area contributed by atoms with Crippen molar-refractivity contribution >= 4 is 0 Å². The molecular formula is C18H28FNO. The first-order chi connectivity index (χ1) is 9.80. The largest absolute Gasteiger partial charge is 0.377 e. The minimum absolute atomic E-state index is 0.142. The molecule has 0 radical (unpaired) electrons. The minimum Gasteiger partial charge on any atom is -0.377 e. The molecule has 2 rings (SSSR count). The Balaban J connectivity index is 1.88. The Morgan fingerprint density at radius 2 is 1.86 bits per heavy atom. The summed E-state index contributed by atoms with van der Waals surface area (Å²) in [6.07, 6.45) is 1.38. The first kappa shape index (κ1) is 16.4. The number of halogens is 1. The van der Waals surface area contributed by atoms with Crippen molar-refractivity contribution in [2.75, 3.05) is 6.61 Å². The third-order valence-electron chi connectivity index (χ3n) is 4.63. The molecule has 1 aliphatic rings. The van der Waals surface area contributed by atoms with Gasteiger partial charge in [-0.2, -0.15) is 0 Å². The summed E-state index contributed by atoms with van der Waals surface area (Å²) >= 11 is 0. The first-order valence-corrected chi connectivity index (χ1v) is 7.93. The second-order valence-corrected chi connectivity index (χ2v) is 7.27. The van der Waals surface area contributed by atoms with Crippen LogP contribution in [0.15, 0.2) is 24.3 Å². The van der Waals surface area contributed by atoms with Crippen LogP contribution in [0.2, 0.25) is 0 Å². The van der Waals surface area contributed by atoms with Crippen LogP contribution < -0.4 is 5.32 Å². The van der Waals surface area contributed by atoms with E-state index < -0.39 is 0 Å². The highest BCUT2D eigenvalue weighted by atomic mass is 19.1. The highest BCUT2D eigenvalue weighted by Gasteiger charge is 2.49. The fraction of sp³-hybridized carbons (Fsp3) is 0.667. The Morgan fingerprint density at radius 3 is 2.38 bits per heavy atom. The van der Waals surface area contributed by atoms with Gasteiger partial charge >= 0.3 is 0 Å². The van der Waals surface area contributed by atoms with Crippen LogP contribution in [-0.4, -0.2) is 18.8 Å². The van der Waals surface area contributed by atoms with Crippen molar-refractivity contribution in [3.8, 4) is 0 Å². The summed E-state index contributed by atoms with van der Waals surface area (Å²) in [6.45, 7) is 11.8. The molecule has 1 N–H and O–H groups in total. The van der Waals surface area contributed by atoms with Crippen LogP contribution in [0.1, 0.15) is 52.6 Å². The van der Waals surface area contributed by atoms with Crippen LogP contribution in [0, 0.1) is 17.2 Å². The zero-order chi connectivity index (χ0) is 15.6. The second-order valence-electron chi connectivity index (χ2n) is 7.27. The van der Waals surface area contributed by atoms with Crippen molar-refractivity contribution in [2.45, 2.75) is 59.2 Å². The smallest absolute Gasteiger partial charge is 0.123 e. The summed E-state index contributed by atoms with van der Waals surface area (Å²) in [5.41, 5.74) is 1.27. The highest BCUT2D eigenvalue weighted by molar-refractivity contribution is 5.20. The molecule has 2 nitrogen and oxygen atoms in total. The Kier molecular flexibility index (Phi) is 5.05. The number of hydrogen-bond donors (Lipinski definition) is 1. The van der Waals surface area contributed by atoms with Crippen molar-refractivity contribution < 1.29 is 9.13 Å². The molecule has 1 aromatic rings. The van der Waals surface area contributed by atoms with Crippen LogP contribution in [0.3, 0.4) is 0 Å². The maximum atomic E-state index is 13.0. The number of nitrogens with one attached hydrogen (secondary N) is 1. The summed E-state index contributed by atoms with van der Waals surface area (Å²) < 4.78 is 19.0. The van der Waals surface area contributed by atoms with Gasteiger partial charge in [-0.05, 0) is 37.0 Å². The molecule has 3 heteroatoms. The van der Waals surface area contributed by atoms with Crippen molar-refractivity contribution in [1.29, 1.82) is 0 Å². The molecule has 118 valence electrons. The average Bonchev–Trinajstić information content (AvgIpc) is 2.42. The van der Waals surface area contributed by atoms with Gasteiger partial charge < -0.3 is 10.1 Å². The van der Waals surface area contributed by atoms with E-state index in [4.69, 9.17) is 4.74 Å². The predicted octanol–water partition coefficient (Wildman–Crippen LogP) is 4.32. The Labute approximate surface area is 128 Å². The van der Waals surface area contributed by atoms with Gasteiger partial charge in [-0.1, -0.05) is 39.8 Å². The van der Waals surface area contributed by atoms with Gasteiger partial charge in [-0.25, -0.2) is 4.39 Å². The lowest BCUT2D eigenvalue weighted by Gasteiger charge is -2.53. The summed E-state index contributed by atoms with van der Waals surface area (Å²) in [6, 6.07) is 7.41. The predicted molar refractivity (Wildman–Crippen MR) is 84.7 cm³/mol. The van der Waals surface area contributed by atoms with Crippen LogP contribution >= 0.6 is 0 Å². The van der Waals surface area contributed by atoms with Crippen molar-refractivity contribution in [2.24, 2.45) is 11.3 Å². The van der Waals surface area contributed by atoms with Gasteiger partial charge in [0.1, 0.15) is 5.82 Å². The van der Waals surface area contributed by atoms with Crippen molar-refractivity contribution in [3.63, 3.8) is 0 Å². The standard InChI is InChI=1S/C18H28FNO/c1-12(2)11-21-17-10-16(18(17,4)5)20-13(3)14-6-8-15(19)9-7-14/h6-9,12-13,16-17,20H,10-11H2,1-5H3/t13-,16?,17?/m0/s1. The third-order valence-corrected chi connectivity index (χ3v) is 4.63. The molecular weight excluding hydrogens is 265 g/mol. The molecule has 2 unspecified atom stereocenters. The first-order valence-electron chi connectivity index (χ1n) is 7.93. The minimum atomic E-state index is -0.183. The van der Waals surface area contributed by atoms with E-state index in [0.717, 1.165) is 18.6 Å². The normalized spacial score (nSPS) is 25.7.